The van der Waals surface area contributed by atoms with E-state index in [2.05, 4.69) is 38.1 Å². The van der Waals surface area contributed by atoms with Gasteiger partial charge in [0.2, 0.25) is 11.8 Å². The van der Waals surface area contributed by atoms with Crippen LogP contribution in [0.2, 0.25) is 0 Å². The van der Waals surface area contributed by atoms with Gasteiger partial charge < -0.3 is 0 Å². The summed E-state index contributed by atoms with van der Waals surface area (Å²) in [6.45, 7) is 4.17. The van der Waals surface area contributed by atoms with E-state index in [-0.39, 0.29) is 34.5 Å². The molecule has 2 amide bonds. The summed E-state index contributed by atoms with van der Waals surface area (Å²) in [4.78, 5) is 26.5. The van der Waals surface area contributed by atoms with E-state index < -0.39 is 0 Å². The molecule has 0 radical (unpaired) electrons. The van der Waals surface area contributed by atoms with Crippen molar-refractivity contribution in [1.29, 1.82) is 0 Å². The van der Waals surface area contributed by atoms with E-state index in [1.165, 1.54) is 16.0 Å². The summed E-state index contributed by atoms with van der Waals surface area (Å²) in [6, 6.07) is 8.23. The molecule has 0 N–H and O–H groups in total. The quantitative estimate of drug-likeness (QED) is 0.532. The predicted molar refractivity (Wildman–Crippen MR) is 75.0 cm³/mol. The topological polar surface area (TPSA) is 37.4 Å². The Kier molecular flexibility index (Phi) is 1.91. The van der Waals surface area contributed by atoms with Crippen LogP contribution in [0.25, 0.3) is 0 Å². The molecule has 0 unspecified atom stereocenters. The van der Waals surface area contributed by atoms with Gasteiger partial charge in [0, 0.05) is 17.9 Å². The lowest BCUT2D eigenvalue weighted by Gasteiger charge is -2.53. The summed E-state index contributed by atoms with van der Waals surface area (Å²) in [6.07, 6.45) is 4.28. The SMILES string of the molecule is CN1C(=O)[C@@H]2[C@H](C1=O)[C@@]1(C)C=C[C@]2(C)c2ccccc21. The Bertz CT molecular complexity index is 635. The molecule has 1 aromatic rings. The number of carbonyl (C=O) groups excluding carboxylic acids is 2. The van der Waals surface area contributed by atoms with Crippen molar-refractivity contribution in [3.8, 4) is 0 Å². The van der Waals surface area contributed by atoms with Crippen molar-refractivity contribution >= 4 is 11.8 Å². The van der Waals surface area contributed by atoms with Gasteiger partial charge >= 0.3 is 0 Å². The van der Waals surface area contributed by atoms with Crippen LogP contribution in [0.3, 0.4) is 0 Å². The standard InChI is InChI=1S/C17H17NO2/c1-16-8-9-17(2,11-7-5-4-6-10(11)16)13-12(16)14(19)18(3)15(13)20/h4-9,12-13H,1-3H3/t12-,13+,16+,17-. The van der Waals surface area contributed by atoms with Crippen molar-refractivity contribution in [2.45, 2.75) is 24.7 Å². The minimum Gasteiger partial charge on any atom is -0.285 e. The fourth-order valence-corrected chi connectivity index (χ4v) is 4.51. The normalized spacial score (nSPS) is 41.0. The number of amides is 2. The molecular formula is C17H17NO2. The molecule has 0 spiro atoms. The predicted octanol–water partition coefficient (Wildman–Crippen LogP) is 2.02. The van der Waals surface area contributed by atoms with Crippen LogP contribution >= 0.6 is 0 Å². The highest BCUT2D eigenvalue weighted by molar-refractivity contribution is 6.07. The lowest BCUT2D eigenvalue weighted by atomic mass is 9.48. The number of imide groups is 1. The van der Waals surface area contributed by atoms with E-state index in [0.717, 1.165) is 0 Å². The Balaban J connectivity index is 2.08. The minimum atomic E-state index is -0.365. The van der Waals surface area contributed by atoms with E-state index in [1.54, 1.807) is 7.05 Å². The second kappa shape index (κ2) is 3.22. The Morgan fingerprint density at radius 2 is 1.30 bits per heavy atom. The van der Waals surface area contributed by atoms with Crippen molar-refractivity contribution in [3.63, 3.8) is 0 Å². The average Bonchev–Trinajstić information content (AvgIpc) is 2.69. The molecule has 3 aliphatic carbocycles. The summed E-state index contributed by atoms with van der Waals surface area (Å²) in [5.74, 6) is -0.588. The number of hydrogen-bond acceptors (Lipinski definition) is 2. The fourth-order valence-electron chi connectivity index (χ4n) is 4.51. The van der Waals surface area contributed by atoms with E-state index in [4.69, 9.17) is 0 Å². The zero-order chi connectivity index (χ0) is 14.3. The number of hydrogen-bond donors (Lipinski definition) is 0. The second-order valence-corrected chi connectivity index (χ2v) is 6.64. The molecule has 2 bridgehead atoms. The molecule has 1 fully saturated rings. The van der Waals surface area contributed by atoms with Gasteiger partial charge in [-0.1, -0.05) is 50.3 Å². The zero-order valence-corrected chi connectivity index (χ0v) is 11.9. The third-order valence-electron chi connectivity index (χ3n) is 5.68. The number of nitrogens with zero attached hydrogens (tertiary/aromatic N) is 1. The number of allylic oxidation sites excluding steroid dienone is 2. The molecule has 102 valence electrons. The van der Waals surface area contributed by atoms with Gasteiger partial charge in [-0.15, -0.1) is 0 Å². The molecule has 4 atom stereocenters. The highest BCUT2D eigenvalue weighted by atomic mass is 16.2. The zero-order valence-electron chi connectivity index (χ0n) is 11.9. The molecule has 5 rings (SSSR count). The van der Waals surface area contributed by atoms with E-state index >= 15 is 0 Å². The number of carbonyl (C=O) groups is 2. The first-order chi connectivity index (χ1) is 9.41. The van der Waals surface area contributed by atoms with Gasteiger partial charge in [-0.25, -0.2) is 0 Å². The average molecular weight is 267 g/mol. The molecule has 1 saturated heterocycles. The lowest BCUT2D eigenvalue weighted by Crippen LogP contribution is -2.54. The molecule has 1 heterocycles. The highest BCUT2D eigenvalue weighted by Gasteiger charge is 2.66. The third kappa shape index (κ3) is 1.02. The number of benzene rings is 1. The van der Waals surface area contributed by atoms with E-state index in [1.807, 2.05) is 12.1 Å². The maximum atomic E-state index is 12.6. The summed E-state index contributed by atoms with van der Waals surface area (Å²) >= 11 is 0. The molecule has 20 heavy (non-hydrogen) atoms. The van der Waals surface area contributed by atoms with Crippen LogP contribution in [0.15, 0.2) is 36.4 Å². The second-order valence-electron chi connectivity index (χ2n) is 6.64. The number of rotatable bonds is 0. The Labute approximate surface area is 118 Å². The first-order valence-corrected chi connectivity index (χ1v) is 7.03. The molecule has 4 aliphatic rings. The van der Waals surface area contributed by atoms with Crippen LogP contribution in [0, 0.1) is 11.8 Å². The van der Waals surface area contributed by atoms with Crippen molar-refractivity contribution in [2.75, 3.05) is 7.05 Å². The summed E-state index contributed by atoms with van der Waals surface area (Å²) in [7, 11) is 1.61. The van der Waals surface area contributed by atoms with Crippen LogP contribution < -0.4 is 0 Å². The molecule has 3 heteroatoms. The fraction of sp³-hybridized carbons (Fsp3) is 0.412. The Morgan fingerprint density at radius 3 is 1.70 bits per heavy atom. The van der Waals surface area contributed by atoms with Crippen molar-refractivity contribution < 1.29 is 9.59 Å². The summed E-state index contributed by atoms with van der Waals surface area (Å²) < 4.78 is 0. The van der Waals surface area contributed by atoms with Gasteiger partial charge in [0.25, 0.3) is 0 Å². The Hall–Kier alpha value is -1.90. The van der Waals surface area contributed by atoms with Crippen LogP contribution in [-0.4, -0.2) is 23.8 Å². The molecule has 0 saturated carbocycles. The van der Waals surface area contributed by atoms with Gasteiger partial charge in [-0.2, -0.15) is 0 Å². The van der Waals surface area contributed by atoms with Gasteiger partial charge in [0.1, 0.15) is 0 Å². The van der Waals surface area contributed by atoms with Crippen molar-refractivity contribution in [1.82, 2.24) is 4.90 Å². The van der Waals surface area contributed by atoms with Crippen LogP contribution in [0.5, 0.6) is 0 Å². The third-order valence-corrected chi connectivity index (χ3v) is 5.68. The van der Waals surface area contributed by atoms with Gasteiger partial charge in [0.15, 0.2) is 0 Å². The molecule has 0 aromatic heterocycles. The molecular weight excluding hydrogens is 250 g/mol. The molecule has 1 aromatic carbocycles. The molecule has 1 aliphatic heterocycles. The minimum absolute atomic E-state index is 0.0346. The van der Waals surface area contributed by atoms with Gasteiger partial charge in [0.05, 0.1) is 11.8 Å². The van der Waals surface area contributed by atoms with Gasteiger partial charge in [-0.05, 0) is 11.1 Å². The Morgan fingerprint density at radius 1 is 0.900 bits per heavy atom. The summed E-state index contributed by atoms with van der Waals surface area (Å²) in [5, 5.41) is 0. The van der Waals surface area contributed by atoms with Crippen LogP contribution in [0.4, 0.5) is 0 Å². The van der Waals surface area contributed by atoms with Crippen LogP contribution in [-0.2, 0) is 20.4 Å². The van der Waals surface area contributed by atoms with Gasteiger partial charge in [-0.3, -0.25) is 14.5 Å². The number of likely N-dealkylation sites (tertiary alicyclic amines) is 1. The summed E-state index contributed by atoms with van der Waals surface area (Å²) in [5.41, 5.74) is 1.66. The largest absolute Gasteiger partial charge is 0.285 e. The lowest BCUT2D eigenvalue weighted by molar-refractivity contribution is -0.138. The van der Waals surface area contributed by atoms with E-state index in [9.17, 15) is 9.59 Å². The highest BCUT2D eigenvalue weighted by Crippen LogP contribution is 2.60. The maximum Gasteiger partial charge on any atom is 0.234 e. The smallest absolute Gasteiger partial charge is 0.234 e. The first kappa shape index (κ1) is 11.9. The molecule has 3 nitrogen and oxygen atoms in total. The van der Waals surface area contributed by atoms with Crippen molar-refractivity contribution in [2.24, 2.45) is 11.8 Å². The van der Waals surface area contributed by atoms with Crippen LogP contribution in [0.1, 0.15) is 25.0 Å². The van der Waals surface area contributed by atoms with E-state index in [0.29, 0.717) is 0 Å². The monoisotopic (exact) mass is 267 g/mol. The first-order valence-electron chi connectivity index (χ1n) is 7.03. The van der Waals surface area contributed by atoms with Crippen molar-refractivity contribution in [3.05, 3.63) is 47.5 Å². The maximum absolute atomic E-state index is 12.6.